The Balaban J connectivity index is 1.83. The maximum atomic E-state index is 11.8. The lowest BCUT2D eigenvalue weighted by Gasteiger charge is -2.50. The number of phenols is 1. The second kappa shape index (κ2) is 5.34. The van der Waals surface area contributed by atoms with Gasteiger partial charge in [0, 0.05) is 0 Å². The fourth-order valence-electron chi connectivity index (χ4n) is 5.95. The number of fused-ring (bicyclic) bond motifs is 5. The highest BCUT2D eigenvalue weighted by molar-refractivity contribution is 7.86. The molecule has 0 unspecified atom stereocenters. The lowest BCUT2D eigenvalue weighted by atomic mass is 9.55. The van der Waals surface area contributed by atoms with E-state index in [-0.39, 0.29) is 23.1 Å². The molecule has 1 aromatic carbocycles. The summed E-state index contributed by atoms with van der Waals surface area (Å²) in [5.74, 6) is 0.410. The minimum atomic E-state index is -4.54. The maximum absolute atomic E-state index is 11.8. The van der Waals surface area contributed by atoms with Crippen molar-refractivity contribution in [2.45, 2.75) is 62.4 Å². The Labute approximate surface area is 147 Å². The van der Waals surface area contributed by atoms with Gasteiger partial charge in [0.1, 0.15) is 4.90 Å². The maximum Gasteiger partial charge on any atom is 0.298 e. The van der Waals surface area contributed by atoms with Crippen LogP contribution in [0.15, 0.2) is 11.0 Å². The van der Waals surface area contributed by atoms with Gasteiger partial charge in [-0.05, 0) is 78.9 Å². The van der Waals surface area contributed by atoms with E-state index in [2.05, 4.69) is 6.92 Å². The quantitative estimate of drug-likeness (QED) is 0.344. The minimum absolute atomic E-state index is 0.00758. The van der Waals surface area contributed by atoms with Crippen LogP contribution in [-0.4, -0.2) is 29.3 Å². The summed E-state index contributed by atoms with van der Waals surface area (Å²) in [5.41, 5.74) is 7.14. The van der Waals surface area contributed by atoms with Crippen LogP contribution in [-0.2, 0) is 16.5 Å². The summed E-state index contributed by atoms with van der Waals surface area (Å²) < 4.78 is 33.2. The Morgan fingerprint density at radius 1 is 1.24 bits per heavy atom. The van der Waals surface area contributed by atoms with Crippen LogP contribution in [0.3, 0.4) is 0 Å². The Morgan fingerprint density at radius 3 is 2.64 bits per heavy atom. The van der Waals surface area contributed by atoms with E-state index in [9.17, 15) is 23.2 Å². The summed E-state index contributed by atoms with van der Waals surface area (Å²) in [7, 11) is -4.54. The molecule has 138 valence electrons. The van der Waals surface area contributed by atoms with Gasteiger partial charge >= 0.3 is 0 Å². The fraction of sp³-hybridized carbons (Fsp3) is 0.667. The number of anilines is 1. The van der Waals surface area contributed by atoms with E-state index < -0.39 is 20.8 Å². The number of benzene rings is 1. The number of rotatable bonds is 1. The molecule has 3 aliphatic rings. The number of nitrogens with two attached hydrogens (primary N) is 1. The second-order valence-corrected chi connectivity index (χ2v) is 9.60. The molecule has 0 heterocycles. The second-order valence-electron chi connectivity index (χ2n) is 8.24. The molecule has 5 N–H and O–H groups in total. The van der Waals surface area contributed by atoms with Crippen LogP contribution in [0.1, 0.15) is 56.1 Å². The average Bonchev–Trinajstić information content (AvgIpc) is 2.83. The van der Waals surface area contributed by atoms with Gasteiger partial charge in [-0.3, -0.25) is 4.55 Å². The summed E-state index contributed by atoms with van der Waals surface area (Å²) >= 11 is 0. The summed E-state index contributed by atoms with van der Waals surface area (Å²) in [6.45, 7) is 2.18. The number of phenolic OH excluding ortho intramolecular Hbond substituents is 1. The van der Waals surface area contributed by atoms with Crippen LogP contribution in [0.5, 0.6) is 5.75 Å². The summed E-state index contributed by atoms with van der Waals surface area (Å²) in [6.07, 6.45) is 4.59. The van der Waals surface area contributed by atoms with Crippen molar-refractivity contribution >= 4 is 15.8 Å². The number of nitrogen functional groups attached to an aromatic ring is 1. The van der Waals surface area contributed by atoms with Crippen LogP contribution in [0.25, 0.3) is 0 Å². The molecule has 2 saturated carbocycles. The molecule has 0 aromatic heterocycles. The first kappa shape index (κ1) is 17.1. The molecule has 3 aliphatic carbocycles. The van der Waals surface area contributed by atoms with E-state index in [1.165, 1.54) is 0 Å². The van der Waals surface area contributed by atoms with Crippen LogP contribution >= 0.6 is 0 Å². The van der Waals surface area contributed by atoms with Gasteiger partial charge in [0.15, 0.2) is 5.75 Å². The van der Waals surface area contributed by atoms with Crippen molar-refractivity contribution in [2.75, 3.05) is 5.73 Å². The lowest BCUT2D eigenvalue weighted by molar-refractivity contribution is -0.0227. The molecule has 2 fully saturated rings. The third-order valence-electron chi connectivity index (χ3n) is 7.19. The van der Waals surface area contributed by atoms with Gasteiger partial charge in [0.2, 0.25) is 0 Å². The predicted octanol–water partition coefficient (Wildman–Crippen LogP) is 2.44. The van der Waals surface area contributed by atoms with E-state index in [1.807, 2.05) is 0 Å². The van der Waals surface area contributed by atoms with Crippen molar-refractivity contribution in [1.82, 2.24) is 0 Å². The Kier molecular flexibility index (Phi) is 3.66. The van der Waals surface area contributed by atoms with E-state index in [0.29, 0.717) is 23.8 Å². The minimum Gasteiger partial charge on any atom is -0.504 e. The molecular weight excluding hydrogens is 342 g/mol. The molecule has 5 atom stereocenters. The van der Waals surface area contributed by atoms with E-state index in [1.54, 1.807) is 6.07 Å². The zero-order valence-corrected chi connectivity index (χ0v) is 15.1. The number of hydrogen-bond acceptors (Lipinski definition) is 5. The fourth-order valence-corrected chi connectivity index (χ4v) is 6.85. The zero-order chi connectivity index (χ0) is 18.1. The van der Waals surface area contributed by atoms with Crippen molar-refractivity contribution in [2.24, 2.45) is 17.3 Å². The molecule has 0 saturated heterocycles. The van der Waals surface area contributed by atoms with Gasteiger partial charge in [-0.1, -0.05) is 6.92 Å². The van der Waals surface area contributed by atoms with E-state index in [4.69, 9.17) is 5.73 Å². The molecule has 0 spiro atoms. The average molecular weight is 367 g/mol. The number of hydrogen-bond donors (Lipinski definition) is 4. The van der Waals surface area contributed by atoms with Crippen molar-refractivity contribution in [3.63, 3.8) is 0 Å². The standard InChI is InChI=1S/C18H25NO5S/c1-18-7-6-9-10(13(18)4-5-15(18)20)2-3-11-12(9)8-14(19)16(21)17(11)25(22,23)24/h8-10,13,15,20-21H,2-7,19H2,1H3,(H,22,23,24)/t9-,10+,13-,15-,18-/m0/s1. The first-order valence-electron chi connectivity index (χ1n) is 8.94. The summed E-state index contributed by atoms with van der Waals surface area (Å²) in [5, 5.41) is 20.5. The highest BCUT2D eigenvalue weighted by atomic mass is 32.2. The molecule has 7 heteroatoms. The first-order chi connectivity index (χ1) is 11.6. The summed E-state index contributed by atoms with van der Waals surface area (Å²) in [4.78, 5) is -0.416. The topological polar surface area (TPSA) is 121 Å². The number of aromatic hydroxyl groups is 1. The van der Waals surface area contributed by atoms with Gasteiger partial charge in [0.05, 0.1) is 11.8 Å². The molecule has 0 radical (unpaired) electrons. The van der Waals surface area contributed by atoms with Gasteiger partial charge in [-0.2, -0.15) is 8.42 Å². The monoisotopic (exact) mass is 367 g/mol. The first-order valence-corrected chi connectivity index (χ1v) is 10.4. The molecule has 0 amide bonds. The number of aliphatic hydroxyl groups excluding tert-OH is 1. The predicted molar refractivity (Wildman–Crippen MR) is 93.0 cm³/mol. The third-order valence-corrected chi connectivity index (χ3v) is 8.15. The zero-order valence-electron chi connectivity index (χ0n) is 14.3. The van der Waals surface area contributed by atoms with Crippen molar-refractivity contribution in [3.8, 4) is 5.75 Å². The Bertz CT molecular complexity index is 836. The van der Waals surface area contributed by atoms with Gasteiger partial charge < -0.3 is 15.9 Å². The normalized spacial score (nSPS) is 37.2. The Morgan fingerprint density at radius 2 is 1.96 bits per heavy atom. The van der Waals surface area contributed by atoms with Gasteiger partial charge in [0.25, 0.3) is 10.1 Å². The van der Waals surface area contributed by atoms with Crippen LogP contribution in [0.2, 0.25) is 0 Å². The van der Waals surface area contributed by atoms with Crippen LogP contribution in [0.4, 0.5) is 5.69 Å². The van der Waals surface area contributed by atoms with Crippen molar-refractivity contribution in [1.29, 1.82) is 0 Å². The molecule has 4 rings (SSSR count). The SMILES string of the molecule is C[C@]12CC[C@@H]3c4cc(N)c(O)c(S(=O)(=O)O)c4CC[C@H]3[C@@H]1CC[C@@H]2O. The highest BCUT2D eigenvalue weighted by Gasteiger charge is 2.54. The van der Waals surface area contributed by atoms with E-state index >= 15 is 0 Å². The molecule has 25 heavy (non-hydrogen) atoms. The highest BCUT2D eigenvalue weighted by Crippen LogP contribution is 2.61. The molecular formula is C18H25NO5S. The van der Waals surface area contributed by atoms with Crippen molar-refractivity contribution in [3.05, 3.63) is 17.2 Å². The van der Waals surface area contributed by atoms with Gasteiger partial charge in [-0.25, -0.2) is 0 Å². The molecule has 0 aliphatic heterocycles. The number of aliphatic hydroxyl groups is 1. The molecule has 6 nitrogen and oxygen atoms in total. The van der Waals surface area contributed by atoms with Gasteiger partial charge in [-0.15, -0.1) is 0 Å². The third kappa shape index (κ3) is 2.32. The van der Waals surface area contributed by atoms with Crippen molar-refractivity contribution < 1.29 is 23.2 Å². The molecule has 0 bridgehead atoms. The smallest absolute Gasteiger partial charge is 0.298 e. The lowest BCUT2D eigenvalue weighted by Crippen LogP contribution is -2.44. The van der Waals surface area contributed by atoms with Crippen LogP contribution < -0.4 is 5.73 Å². The summed E-state index contributed by atoms with van der Waals surface area (Å²) in [6, 6.07) is 1.68. The van der Waals surface area contributed by atoms with E-state index in [0.717, 1.165) is 37.7 Å². The van der Waals surface area contributed by atoms with Crippen LogP contribution in [0, 0.1) is 17.3 Å². The largest absolute Gasteiger partial charge is 0.504 e. The molecule has 1 aromatic rings. The Hall–Kier alpha value is -1.31.